The molecule has 2 nitrogen and oxygen atoms in total. The zero-order valence-electron chi connectivity index (χ0n) is 13.8. The lowest BCUT2D eigenvalue weighted by Crippen LogP contribution is -2.19. The minimum Gasteiger partial charge on any atom is -0.497 e. The maximum atomic E-state index is 5.36. The van der Waals surface area contributed by atoms with Crippen molar-refractivity contribution in [2.45, 2.75) is 40.7 Å². The Hall–Kier alpha value is -1.06. The lowest BCUT2D eigenvalue weighted by atomic mass is 9.99. The zero-order chi connectivity index (χ0) is 15.4. The van der Waals surface area contributed by atoms with Crippen LogP contribution in [0.15, 0.2) is 18.2 Å². The Balaban J connectivity index is 2.32. The van der Waals surface area contributed by atoms with Crippen LogP contribution in [0.3, 0.4) is 0 Å². The van der Waals surface area contributed by atoms with Crippen LogP contribution in [0.5, 0.6) is 5.75 Å². The van der Waals surface area contributed by atoms with Gasteiger partial charge in [-0.25, -0.2) is 0 Å². The molecule has 0 aliphatic rings. The monoisotopic (exact) mass is 305 g/mol. The number of benzene rings is 1. The maximum absolute atomic E-state index is 5.36. The first-order chi connectivity index (χ1) is 10.0. The summed E-state index contributed by atoms with van der Waals surface area (Å²) in [6.07, 6.45) is 1.14. The molecule has 1 aromatic carbocycles. The van der Waals surface area contributed by atoms with Crippen molar-refractivity contribution in [3.63, 3.8) is 0 Å². The lowest BCUT2D eigenvalue weighted by molar-refractivity contribution is 0.415. The van der Waals surface area contributed by atoms with E-state index in [1.54, 1.807) is 7.11 Å². The summed E-state index contributed by atoms with van der Waals surface area (Å²) in [6.45, 7) is 11.1. The number of hydrogen-bond acceptors (Lipinski definition) is 3. The fourth-order valence-electron chi connectivity index (χ4n) is 2.56. The van der Waals surface area contributed by atoms with Crippen molar-refractivity contribution >= 4 is 21.4 Å². The van der Waals surface area contributed by atoms with Crippen molar-refractivity contribution in [3.05, 3.63) is 28.6 Å². The fourth-order valence-corrected chi connectivity index (χ4v) is 3.79. The van der Waals surface area contributed by atoms with Crippen molar-refractivity contribution < 1.29 is 4.74 Å². The maximum Gasteiger partial charge on any atom is 0.120 e. The van der Waals surface area contributed by atoms with E-state index in [-0.39, 0.29) is 0 Å². The van der Waals surface area contributed by atoms with Gasteiger partial charge < -0.3 is 10.1 Å². The van der Waals surface area contributed by atoms with Crippen LogP contribution in [0.2, 0.25) is 0 Å². The van der Waals surface area contributed by atoms with Crippen LogP contribution in [0.4, 0.5) is 0 Å². The van der Waals surface area contributed by atoms with E-state index in [4.69, 9.17) is 4.74 Å². The van der Waals surface area contributed by atoms with Crippen LogP contribution >= 0.6 is 11.3 Å². The molecule has 0 aliphatic carbocycles. The quantitative estimate of drug-likeness (QED) is 0.789. The highest BCUT2D eigenvalue weighted by Gasteiger charge is 2.14. The topological polar surface area (TPSA) is 21.3 Å². The number of fused-ring (bicyclic) bond motifs is 1. The van der Waals surface area contributed by atoms with Gasteiger partial charge in [0.25, 0.3) is 0 Å². The van der Waals surface area contributed by atoms with Gasteiger partial charge in [-0.2, -0.15) is 0 Å². The normalized spacial score (nSPS) is 11.8. The van der Waals surface area contributed by atoms with Crippen molar-refractivity contribution in [3.8, 4) is 5.75 Å². The van der Waals surface area contributed by atoms with E-state index in [1.165, 1.54) is 20.5 Å². The third kappa shape index (κ3) is 4.21. The van der Waals surface area contributed by atoms with Gasteiger partial charge in [0.05, 0.1) is 7.11 Å². The van der Waals surface area contributed by atoms with Crippen LogP contribution in [-0.4, -0.2) is 13.7 Å². The van der Waals surface area contributed by atoms with Crippen LogP contribution in [0, 0.1) is 11.8 Å². The molecule has 116 valence electrons. The Morgan fingerprint density at radius 1 is 1.14 bits per heavy atom. The van der Waals surface area contributed by atoms with E-state index in [2.05, 4.69) is 51.2 Å². The Labute approximate surface area is 132 Å². The molecule has 0 unspecified atom stereocenters. The van der Waals surface area contributed by atoms with Crippen molar-refractivity contribution in [1.29, 1.82) is 0 Å². The highest BCUT2D eigenvalue weighted by molar-refractivity contribution is 7.19. The van der Waals surface area contributed by atoms with Crippen molar-refractivity contribution in [1.82, 2.24) is 5.32 Å². The van der Waals surface area contributed by atoms with Crippen LogP contribution in [0.1, 0.15) is 38.1 Å². The predicted molar refractivity (Wildman–Crippen MR) is 93.5 cm³/mol. The Morgan fingerprint density at radius 3 is 2.52 bits per heavy atom. The van der Waals surface area contributed by atoms with Gasteiger partial charge in [0.15, 0.2) is 0 Å². The molecule has 1 heterocycles. The molecule has 2 aromatic rings. The summed E-state index contributed by atoms with van der Waals surface area (Å²) < 4.78 is 6.70. The molecule has 0 aliphatic heterocycles. The summed E-state index contributed by atoms with van der Waals surface area (Å²) in [5.41, 5.74) is 1.52. The molecule has 1 aromatic heterocycles. The van der Waals surface area contributed by atoms with Crippen LogP contribution in [-0.2, 0) is 13.0 Å². The van der Waals surface area contributed by atoms with Crippen LogP contribution in [0.25, 0.3) is 10.1 Å². The van der Waals surface area contributed by atoms with Gasteiger partial charge in [0.2, 0.25) is 0 Å². The molecule has 21 heavy (non-hydrogen) atoms. The molecule has 0 radical (unpaired) electrons. The summed E-state index contributed by atoms with van der Waals surface area (Å²) in [5, 5.41) is 4.98. The molecule has 0 bridgehead atoms. The van der Waals surface area contributed by atoms with Crippen LogP contribution < -0.4 is 10.1 Å². The smallest absolute Gasteiger partial charge is 0.120 e. The molecule has 0 spiro atoms. The highest BCUT2D eigenvalue weighted by atomic mass is 32.1. The summed E-state index contributed by atoms with van der Waals surface area (Å²) in [4.78, 5) is 1.48. The summed E-state index contributed by atoms with van der Waals surface area (Å²) in [7, 11) is 1.73. The average molecular weight is 305 g/mol. The molecule has 0 fully saturated rings. The molecule has 0 atom stereocenters. The largest absolute Gasteiger partial charge is 0.497 e. The second kappa shape index (κ2) is 7.28. The molecule has 2 rings (SSSR count). The van der Waals surface area contributed by atoms with Gasteiger partial charge in [-0.05, 0) is 54.0 Å². The number of thiophene rings is 1. The number of rotatable bonds is 7. The standard InChI is InChI=1S/C18H27NOS/c1-12(2)8-16-15-7-6-14(20-5)9-17(15)21-18(16)11-19-10-13(3)4/h6-7,9,12-13,19H,8,10-11H2,1-5H3. The van der Waals surface area contributed by atoms with Gasteiger partial charge in [-0.15, -0.1) is 11.3 Å². The minimum atomic E-state index is 0.675. The molecule has 0 saturated heterocycles. The highest BCUT2D eigenvalue weighted by Crippen LogP contribution is 2.35. The fraction of sp³-hybridized carbons (Fsp3) is 0.556. The predicted octanol–water partition coefficient (Wildman–Crippen LogP) is 4.85. The zero-order valence-corrected chi connectivity index (χ0v) is 14.6. The van der Waals surface area contributed by atoms with E-state index < -0.39 is 0 Å². The van der Waals surface area contributed by atoms with E-state index >= 15 is 0 Å². The summed E-state index contributed by atoms with van der Waals surface area (Å²) in [5.74, 6) is 2.31. The van der Waals surface area contributed by atoms with E-state index in [1.807, 2.05) is 11.3 Å². The van der Waals surface area contributed by atoms with Gasteiger partial charge in [-0.3, -0.25) is 0 Å². The van der Waals surface area contributed by atoms with Gasteiger partial charge >= 0.3 is 0 Å². The second-order valence-corrected chi connectivity index (χ2v) is 7.63. The molecule has 0 saturated carbocycles. The van der Waals surface area contributed by atoms with E-state index in [0.29, 0.717) is 11.8 Å². The van der Waals surface area contributed by atoms with E-state index in [9.17, 15) is 0 Å². The minimum absolute atomic E-state index is 0.675. The first kappa shape index (κ1) is 16.3. The molecule has 0 amide bonds. The molecular formula is C18H27NOS. The molecule has 3 heteroatoms. The first-order valence-electron chi connectivity index (χ1n) is 7.80. The second-order valence-electron chi connectivity index (χ2n) is 6.49. The molecule has 1 N–H and O–H groups in total. The SMILES string of the molecule is COc1ccc2c(CC(C)C)c(CNCC(C)C)sc2c1. The number of methoxy groups -OCH3 is 1. The Kier molecular flexibility index (Phi) is 5.65. The first-order valence-corrected chi connectivity index (χ1v) is 8.62. The molecular weight excluding hydrogens is 278 g/mol. The van der Waals surface area contributed by atoms with E-state index in [0.717, 1.165) is 25.3 Å². The van der Waals surface area contributed by atoms with Crippen molar-refractivity contribution in [2.24, 2.45) is 11.8 Å². The average Bonchev–Trinajstić information content (AvgIpc) is 2.75. The Morgan fingerprint density at radius 2 is 1.90 bits per heavy atom. The number of hydrogen-bond donors (Lipinski definition) is 1. The summed E-state index contributed by atoms with van der Waals surface area (Å²) >= 11 is 1.90. The third-order valence-corrected chi connectivity index (χ3v) is 4.73. The Bertz CT molecular complexity index is 586. The van der Waals surface area contributed by atoms with Crippen molar-refractivity contribution in [2.75, 3.05) is 13.7 Å². The number of nitrogens with one attached hydrogen (secondary N) is 1. The van der Waals surface area contributed by atoms with Gasteiger partial charge in [0.1, 0.15) is 5.75 Å². The lowest BCUT2D eigenvalue weighted by Gasteiger charge is -2.10. The number of ether oxygens (including phenoxy) is 1. The van der Waals surface area contributed by atoms with Gasteiger partial charge in [0, 0.05) is 16.1 Å². The third-order valence-electron chi connectivity index (χ3n) is 3.53. The van der Waals surface area contributed by atoms with Gasteiger partial charge in [-0.1, -0.05) is 27.7 Å². The summed E-state index contributed by atoms with van der Waals surface area (Å²) in [6, 6.07) is 6.45.